The number of sulfonamides is 1. The summed E-state index contributed by atoms with van der Waals surface area (Å²) in [6.07, 6.45) is 0. The van der Waals surface area contributed by atoms with E-state index in [1.165, 1.54) is 13.8 Å². The van der Waals surface area contributed by atoms with Gasteiger partial charge in [-0.1, -0.05) is 12.1 Å². The lowest BCUT2D eigenvalue weighted by atomic mass is 10.2. The first-order valence-corrected chi connectivity index (χ1v) is 7.04. The summed E-state index contributed by atoms with van der Waals surface area (Å²) in [5.41, 5.74) is 0.827. The number of benzene rings is 1. The molecule has 0 fully saturated rings. The molecule has 0 saturated carbocycles. The van der Waals surface area contributed by atoms with Crippen molar-refractivity contribution in [3.63, 3.8) is 0 Å². The summed E-state index contributed by atoms with van der Waals surface area (Å²) in [5.74, 6) is 0.720. The van der Waals surface area contributed by atoms with E-state index in [4.69, 9.17) is 9.84 Å². The number of ether oxygens (including phenoxy) is 1. The van der Waals surface area contributed by atoms with Gasteiger partial charge in [0.25, 0.3) is 0 Å². The van der Waals surface area contributed by atoms with Crippen LogP contribution in [-0.2, 0) is 16.6 Å². The predicted molar refractivity (Wildman–Crippen MR) is 69.9 cm³/mol. The topological polar surface area (TPSA) is 75.6 Å². The van der Waals surface area contributed by atoms with Crippen molar-refractivity contribution in [3.8, 4) is 5.75 Å². The highest BCUT2D eigenvalue weighted by molar-refractivity contribution is 7.90. The molecule has 0 bridgehead atoms. The van der Waals surface area contributed by atoms with E-state index in [-0.39, 0.29) is 6.54 Å². The smallest absolute Gasteiger partial charge is 0.219 e. The van der Waals surface area contributed by atoms with Gasteiger partial charge in [-0.2, -0.15) is 0 Å². The fourth-order valence-electron chi connectivity index (χ4n) is 1.20. The third-order valence-electron chi connectivity index (χ3n) is 2.73. The summed E-state index contributed by atoms with van der Waals surface area (Å²) in [4.78, 5) is 0. The van der Waals surface area contributed by atoms with Crippen LogP contribution >= 0.6 is 0 Å². The summed E-state index contributed by atoms with van der Waals surface area (Å²) in [6.45, 7) is 2.72. The second-order valence-electron chi connectivity index (χ2n) is 4.59. The molecule has 0 atom stereocenters. The molecular weight excluding hydrogens is 254 g/mol. The van der Waals surface area contributed by atoms with Gasteiger partial charge >= 0.3 is 0 Å². The first-order valence-electron chi connectivity index (χ1n) is 5.55. The van der Waals surface area contributed by atoms with Crippen molar-refractivity contribution in [2.45, 2.75) is 25.1 Å². The van der Waals surface area contributed by atoms with Crippen LogP contribution in [0.4, 0.5) is 0 Å². The molecule has 1 aromatic carbocycles. The van der Waals surface area contributed by atoms with Gasteiger partial charge in [0.1, 0.15) is 10.5 Å². The highest BCUT2D eigenvalue weighted by atomic mass is 32.2. The molecule has 0 heterocycles. The van der Waals surface area contributed by atoms with E-state index in [0.29, 0.717) is 0 Å². The number of aliphatic hydroxyl groups excluding tert-OH is 1. The molecule has 0 radical (unpaired) electrons. The molecule has 0 saturated heterocycles. The molecule has 1 rings (SSSR count). The zero-order valence-electron chi connectivity index (χ0n) is 10.8. The van der Waals surface area contributed by atoms with E-state index in [9.17, 15) is 8.42 Å². The van der Waals surface area contributed by atoms with Gasteiger partial charge in [0, 0.05) is 6.54 Å². The van der Waals surface area contributed by atoms with Crippen molar-refractivity contribution >= 4 is 10.0 Å². The minimum Gasteiger partial charge on any atom is -0.497 e. The largest absolute Gasteiger partial charge is 0.497 e. The molecule has 0 aromatic heterocycles. The Morgan fingerprint density at radius 2 is 1.83 bits per heavy atom. The first-order chi connectivity index (χ1) is 8.32. The Balaban J connectivity index is 2.70. The fraction of sp³-hybridized carbons (Fsp3) is 0.500. The molecule has 0 aliphatic rings. The lowest BCUT2D eigenvalue weighted by Crippen LogP contribution is -2.44. The monoisotopic (exact) mass is 273 g/mol. The van der Waals surface area contributed by atoms with Gasteiger partial charge in [-0.05, 0) is 31.5 Å². The van der Waals surface area contributed by atoms with Gasteiger partial charge in [-0.3, -0.25) is 0 Å². The second-order valence-corrected chi connectivity index (χ2v) is 6.99. The van der Waals surface area contributed by atoms with Crippen LogP contribution in [0.1, 0.15) is 19.4 Å². The molecule has 6 heteroatoms. The highest BCUT2D eigenvalue weighted by Crippen LogP contribution is 2.15. The summed E-state index contributed by atoms with van der Waals surface area (Å²) in [6, 6.07) is 7.10. The Labute approximate surface area is 108 Å². The van der Waals surface area contributed by atoms with E-state index < -0.39 is 21.4 Å². The van der Waals surface area contributed by atoms with E-state index in [1.54, 1.807) is 31.4 Å². The van der Waals surface area contributed by atoms with Crippen molar-refractivity contribution in [2.24, 2.45) is 0 Å². The Bertz CT molecular complexity index is 479. The molecule has 0 unspecified atom stereocenters. The predicted octanol–water partition coefficient (Wildman–Crippen LogP) is 0.885. The molecule has 0 aliphatic carbocycles. The van der Waals surface area contributed by atoms with Gasteiger partial charge in [0.2, 0.25) is 10.0 Å². The maximum Gasteiger partial charge on any atom is 0.219 e. The van der Waals surface area contributed by atoms with Crippen LogP contribution in [0, 0.1) is 0 Å². The van der Waals surface area contributed by atoms with E-state index in [0.717, 1.165) is 11.3 Å². The minimum absolute atomic E-state index is 0.190. The maximum atomic E-state index is 11.9. The van der Waals surface area contributed by atoms with Crippen LogP contribution < -0.4 is 9.46 Å². The molecular formula is C12H19NO4S. The lowest BCUT2D eigenvalue weighted by molar-refractivity contribution is 0.257. The summed E-state index contributed by atoms with van der Waals surface area (Å²) in [7, 11) is -1.98. The second kappa shape index (κ2) is 5.69. The van der Waals surface area contributed by atoms with Crippen LogP contribution in [0.5, 0.6) is 5.75 Å². The quantitative estimate of drug-likeness (QED) is 0.807. The molecule has 102 valence electrons. The average Bonchev–Trinajstić information content (AvgIpc) is 2.36. The van der Waals surface area contributed by atoms with Crippen LogP contribution in [0.2, 0.25) is 0 Å². The van der Waals surface area contributed by atoms with E-state index in [2.05, 4.69) is 4.72 Å². The molecule has 0 amide bonds. The van der Waals surface area contributed by atoms with Crippen LogP contribution in [0.3, 0.4) is 0 Å². The molecule has 0 aliphatic heterocycles. The third kappa shape index (κ3) is 3.44. The number of hydrogen-bond donors (Lipinski definition) is 2. The number of hydrogen-bond acceptors (Lipinski definition) is 4. The Kier molecular flexibility index (Phi) is 4.72. The number of methoxy groups -OCH3 is 1. The molecule has 18 heavy (non-hydrogen) atoms. The highest BCUT2D eigenvalue weighted by Gasteiger charge is 2.33. The van der Waals surface area contributed by atoms with Crippen LogP contribution in [0.15, 0.2) is 24.3 Å². The normalized spacial score (nSPS) is 12.4. The van der Waals surface area contributed by atoms with E-state index >= 15 is 0 Å². The summed E-state index contributed by atoms with van der Waals surface area (Å²) in [5, 5.41) is 9.06. The fourth-order valence-corrected chi connectivity index (χ4v) is 2.12. The minimum atomic E-state index is -3.56. The van der Waals surface area contributed by atoms with Gasteiger partial charge in [-0.25, -0.2) is 13.1 Å². The number of rotatable bonds is 6. The summed E-state index contributed by atoms with van der Waals surface area (Å²) < 4.78 is 30.1. The average molecular weight is 273 g/mol. The van der Waals surface area contributed by atoms with Gasteiger partial charge < -0.3 is 9.84 Å². The standard InChI is InChI=1S/C12H19NO4S/c1-12(2,9-14)18(15,16)13-8-10-4-6-11(17-3)7-5-10/h4-7,13-14H,8-9H2,1-3H3. The molecule has 5 nitrogen and oxygen atoms in total. The molecule has 0 spiro atoms. The number of aliphatic hydroxyl groups is 1. The molecule has 2 N–H and O–H groups in total. The Hall–Kier alpha value is -1.11. The Morgan fingerprint density at radius 1 is 1.28 bits per heavy atom. The van der Waals surface area contributed by atoms with Crippen molar-refractivity contribution in [1.82, 2.24) is 4.72 Å². The van der Waals surface area contributed by atoms with Gasteiger partial charge in [0.05, 0.1) is 13.7 Å². The van der Waals surface area contributed by atoms with Gasteiger partial charge in [0.15, 0.2) is 0 Å². The third-order valence-corrected chi connectivity index (χ3v) is 4.84. The van der Waals surface area contributed by atoms with Crippen molar-refractivity contribution in [1.29, 1.82) is 0 Å². The zero-order chi connectivity index (χ0) is 13.8. The van der Waals surface area contributed by atoms with Gasteiger partial charge in [-0.15, -0.1) is 0 Å². The van der Waals surface area contributed by atoms with E-state index in [1.807, 2.05) is 0 Å². The van der Waals surface area contributed by atoms with Crippen molar-refractivity contribution in [2.75, 3.05) is 13.7 Å². The first kappa shape index (κ1) is 14.9. The lowest BCUT2D eigenvalue weighted by Gasteiger charge is -2.22. The maximum absolute atomic E-state index is 11.9. The summed E-state index contributed by atoms with van der Waals surface area (Å²) >= 11 is 0. The van der Waals surface area contributed by atoms with Crippen molar-refractivity contribution in [3.05, 3.63) is 29.8 Å². The molecule has 1 aromatic rings. The van der Waals surface area contributed by atoms with Crippen LogP contribution in [-0.4, -0.2) is 32.0 Å². The zero-order valence-corrected chi connectivity index (χ0v) is 11.6. The number of nitrogens with one attached hydrogen (secondary N) is 1. The van der Waals surface area contributed by atoms with Crippen molar-refractivity contribution < 1.29 is 18.3 Å². The SMILES string of the molecule is COc1ccc(CNS(=O)(=O)C(C)(C)CO)cc1. The Morgan fingerprint density at radius 3 is 2.28 bits per heavy atom. The van der Waals surface area contributed by atoms with Crippen LogP contribution in [0.25, 0.3) is 0 Å².